The van der Waals surface area contributed by atoms with Crippen LogP contribution in [0.1, 0.15) is 0 Å². The quantitative estimate of drug-likeness (QED) is 0.506. The number of nitrogen functional groups attached to an aromatic ring is 1. The summed E-state index contributed by atoms with van der Waals surface area (Å²) >= 11 is 0. The first-order valence-electron chi connectivity index (χ1n) is 7.15. The molecule has 1 aromatic carbocycles. The molecule has 4 aromatic rings. The van der Waals surface area contributed by atoms with E-state index < -0.39 is 0 Å². The van der Waals surface area contributed by atoms with Gasteiger partial charge < -0.3 is 16.0 Å². The van der Waals surface area contributed by atoms with Gasteiger partial charge >= 0.3 is 0 Å². The second-order valence-electron chi connectivity index (χ2n) is 5.26. The zero-order valence-corrected chi connectivity index (χ0v) is 12.5. The van der Waals surface area contributed by atoms with Gasteiger partial charge in [-0.2, -0.15) is 5.10 Å². The number of benzene rings is 1. The zero-order chi connectivity index (χ0) is 15.8. The smallest absolute Gasteiger partial charge is 0.227 e. The fourth-order valence-electron chi connectivity index (χ4n) is 2.58. The van der Waals surface area contributed by atoms with Crippen LogP contribution >= 0.6 is 0 Å². The van der Waals surface area contributed by atoms with Crippen LogP contribution in [-0.2, 0) is 7.05 Å². The average molecular weight is 305 g/mol. The molecule has 3 aromatic heterocycles. The van der Waals surface area contributed by atoms with E-state index in [9.17, 15) is 0 Å². The Hall–Kier alpha value is -3.35. The van der Waals surface area contributed by atoms with Crippen LogP contribution in [0.2, 0.25) is 0 Å². The van der Waals surface area contributed by atoms with Crippen LogP contribution in [0.5, 0.6) is 0 Å². The number of nitrogens with two attached hydrogens (primary N) is 1. The van der Waals surface area contributed by atoms with Crippen molar-refractivity contribution in [2.24, 2.45) is 7.05 Å². The van der Waals surface area contributed by atoms with Crippen molar-refractivity contribution >= 4 is 28.2 Å². The molecule has 7 heteroatoms. The molecule has 0 unspecified atom stereocenters. The molecule has 7 nitrogen and oxygen atoms in total. The number of H-pyrrole nitrogens is 1. The van der Waals surface area contributed by atoms with E-state index in [1.54, 1.807) is 17.1 Å². The Balaban J connectivity index is 1.75. The molecule has 4 rings (SSSR count). The number of nitrogens with zero attached hydrogens (tertiary/aromatic N) is 4. The monoisotopic (exact) mass is 305 g/mol. The van der Waals surface area contributed by atoms with Gasteiger partial charge in [0.25, 0.3) is 0 Å². The number of fused-ring (bicyclic) bond motifs is 1. The van der Waals surface area contributed by atoms with Crippen LogP contribution in [0.15, 0.2) is 49.1 Å². The molecule has 4 N–H and O–H groups in total. The van der Waals surface area contributed by atoms with Crippen molar-refractivity contribution in [1.29, 1.82) is 0 Å². The number of rotatable bonds is 3. The second kappa shape index (κ2) is 5.13. The van der Waals surface area contributed by atoms with E-state index >= 15 is 0 Å². The summed E-state index contributed by atoms with van der Waals surface area (Å²) in [6.07, 6.45) is 7.19. The highest BCUT2D eigenvalue weighted by Gasteiger charge is 2.10. The second-order valence-corrected chi connectivity index (χ2v) is 5.26. The largest absolute Gasteiger partial charge is 0.398 e. The molecule has 0 aliphatic rings. The third kappa shape index (κ3) is 2.38. The van der Waals surface area contributed by atoms with Crippen LogP contribution in [0, 0.1) is 0 Å². The number of nitrogens with one attached hydrogen (secondary N) is 2. The summed E-state index contributed by atoms with van der Waals surface area (Å²) in [5.41, 5.74) is 10.4. The van der Waals surface area contributed by atoms with E-state index in [4.69, 9.17) is 5.73 Å². The number of hydrogen-bond acceptors (Lipinski definition) is 5. The van der Waals surface area contributed by atoms with Crippen LogP contribution in [0.4, 0.5) is 17.3 Å². The third-order valence-corrected chi connectivity index (χ3v) is 3.65. The highest BCUT2D eigenvalue weighted by Crippen LogP contribution is 2.30. The van der Waals surface area contributed by atoms with Gasteiger partial charge in [-0.15, -0.1) is 0 Å². The van der Waals surface area contributed by atoms with Crippen molar-refractivity contribution in [1.82, 2.24) is 24.7 Å². The number of anilines is 3. The number of aromatic amines is 1. The Labute approximate surface area is 132 Å². The van der Waals surface area contributed by atoms with Crippen molar-refractivity contribution in [3.8, 4) is 11.3 Å². The summed E-state index contributed by atoms with van der Waals surface area (Å²) in [7, 11) is 1.86. The van der Waals surface area contributed by atoms with E-state index in [-0.39, 0.29) is 0 Å². The van der Waals surface area contributed by atoms with E-state index in [1.807, 2.05) is 43.7 Å². The lowest BCUT2D eigenvalue weighted by molar-refractivity contribution is 0.768. The van der Waals surface area contributed by atoms with Gasteiger partial charge in [-0.05, 0) is 24.3 Å². The predicted molar refractivity (Wildman–Crippen MR) is 90.2 cm³/mol. The minimum atomic E-state index is 0.520. The van der Waals surface area contributed by atoms with Crippen LogP contribution in [0.3, 0.4) is 0 Å². The average Bonchev–Trinajstić information content (AvgIpc) is 3.18. The molecule has 0 radical (unpaired) electrons. The number of aryl methyl sites for hydroxylation is 1. The van der Waals surface area contributed by atoms with E-state index in [0.717, 1.165) is 33.5 Å². The Bertz CT molecular complexity index is 983. The van der Waals surface area contributed by atoms with Gasteiger partial charge in [-0.25, -0.2) is 9.97 Å². The van der Waals surface area contributed by atoms with Crippen LogP contribution < -0.4 is 11.1 Å². The summed E-state index contributed by atoms with van der Waals surface area (Å²) in [6.45, 7) is 0. The molecule has 0 fully saturated rings. The maximum atomic E-state index is 6.01. The molecule has 0 saturated carbocycles. The Morgan fingerprint density at radius 3 is 2.96 bits per heavy atom. The van der Waals surface area contributed by atoms with E-state index in [0.29, 0.717) is 5.95 Å². The molecule has 0 amide bonds. The van der Waals surface area contributed by atoms with Gasteiger partial charge in [0.2, 0.25) is 5.95 Å². The summed E-state index contributed by atoms with van der Waals surface area (Å²) in [5.74, 6) is 0.520. The normalized spacial score (nSPS) is 11.0. The minimum Gasteiger partial charge on any atom is -0.398 e. The van der Waals surface area contributed by atoms with Crippen molar-refractivity contribution < 1.29 is 0 Å². The Morgan fingerprint density at radius 1 is 1.22 bits per heavy atom. The first-order valence-corrected chi connectivity index (χ1v) is 7.15. The molecule has 23 heavy (non-hydrogen) atoms. The van der Waals surface area contributed by atoms with Crippen molar-refractivity contribution in [3.05, 3.63) is 49.1 Å². The van der Waals surface area contributed by atoms with E-state index in [1.165, 1.54) is 0 Å². The maximum absolute atomic E-state index is 6.01. The highest BCUT2D eigenvalue weighted by atomic mass is 15.3. The van der Waals surface area contributed by atoms with Crippen LogP contribution in [0.25, 0.3) is 22.2 Å². The number of aromatic nitrogens is 5. The topological polar surface area (TPSA) is 97.4 Å². The maximum Gasteiger partial charge on any atom is 0.227 e. The molecule has 0 bridgehead atoms. The molecule has 0 atom stereocenters. The third-order valence-electron chi connectivity index (χ3n) is 3.65. The lowest BCUT2D eigenvalue weighted by Gasteiger charge is -2.07. The summed E-state index contributed by atoms with van der Waals surface area (Å²) < 4.78 is 1.72. The first-order chi connectivity index (χ1) is 11.2. The van der Waals surface area contributed by atoms with Gasteiger partial charge in [0.1, 0.15) is 0 Å². The Morgan fingerprint density at radius 2 is 2.13 bits per heavy atom. The first kappa shape index (κ1) is 13.3. The lowest BCUT2D eigenvalue weighted by atomic mass is 10.1. The van der Waals surface area contributed by atoms with Crippen molar-refractivity contribution in [2.75, 3.05) is 11.1 Å². The molecular formula is C16H15N7. The van der Waals surface area contributed by atoms with Gasteiger partial charge in [-0.1, -0.05) is 0 Å². The fourth-order valence-corrected chi connectivity index (χ4v) is 2.58. The van der Waals surface area contributed by atoms with Gasteiger partial charge in [0.05, 0.1) is 23.1 Å². The highest BCUT2D eigenvalue weighted by molar-refractivity contribution is 6.00. The minimum absolute atomic E-state index is 0.520. The molecule has 0 spiro atoms. The van der Waals surface area contributed by atoms with Crippen molar-refractivity contribution in [2.45, 2.75) is 0 Å². The van der Waals surface area contributed by atoms with Crippen molar-refractivity contribution in [3.63, 3.8) is 0 Å². The molecule has 0 aliphatic heterocycles. The zero-order valence-electron chi connectivity index (χ0n) is 12.5. The molecular weight excluding hydrogens is 290 g/mol. The molecule has 0 aliphatic carbocycles. The fraction of sp³-hybridized carbons (Fsp3) is 0.0625. The molecule has 114 valence electrons. The lowest BCUT2D eigenvalue weighted by Crippen LogP contribution is -1.97. The molecule has 3 heterocycles. The summed E-state index contributed by atoms with van der Waals surface area (Å²) in [6, 6.07) is 7.69. The van der Waals surface area contributed by atoms with Gasteiger partial charge in [-0.3, -0.25) is 4.68 Å². The standard InChI is InChI=1S/C16H15N7/c1-23-9-10(8-20-23)21-16-19-7-5-14(22-16)12-2-3-13(17)11-4-6-18-15(11)12/h2-9,18H,17H2,1H3,(H,19,21,22). The van der Waals surface area contributed by atoms with E-state index in [2.05, 4.69) is 25.4 Å². The SMILES string of the molecule is Cn1cc(Nc2nccc(-c3ccc(N)c4cc[nH]c34)n2)cn1. The van der Waals surface area contributed by atoms with Crippen LogP contribution in [-0.4, -0.2) is 24.7 Å². The van der Waals surface area contributed by atoms with Gasteiger partial charge in [0, 0.05) is 42.3 Å². The predicted octanol–water partition coefficient (Wildman–Crippen LogP) is 2.68. The summed E-state index contributed by atoms with van der Waals surface area (Å²) in [5, 5.41) is 8.25. The number of hydrogen-bond donors (Lipinski definition) is 3. The Kier molecular flexibility index (Phi) is 2.97. The summed E-state index contributed by atoms with van der Waals surface area (Å²) in [4.78, 5) is 12.1. The van der Waals surface area contributed by atoms with Gasteiger partial charge in [0.15, 0.2) is 0 Å². The molecule has 0 saturated heterocycles.